The zero-order valence-corrected chi connectivity index (χ0v) is 16.9. The predicted molar refractivity (Wildman–Crippen MR) is 117 cm³/mol. The van der Waals surface area contributed by atoms with Crippen LogP contribution in [0.15, 0.2) is 78.4 Å². The minimum Gasteiger partial charge on any atom is -0.497 e. The summed E-state index contributed by atoms with van der Waals surface area (Å²) < 4.78 is 11.3. The van der Waals surface area contributed by atoms with Crippen LogP contribution in [0.3, 0.4) is 0 Å². The van der Waals surface area contributed by atoms with Gasteiger partial charge in [-0.1, -0.05) is 48.5 Å². The molecular weight excluding hydrogens is 376 g/mol. The van der Waals surface area contributed by atoms with E-state index in [1.54, 1.807) is 31.4 Å². The molecule has 0 atom stereocenters. The number of methoxy groups -OCH3 is 1. The number of hydrogen-bond donors (Lipinski definition) is 1. The van der Waals surface area contributed by atoms with Crippen LogP contribution in [0.4, 0.5) is 5.69 Å². The summed E-state index contributed by atoms with van der Waals surface area (Å²) in [6.07, 6.45) is 1.52. The Balaban J connectivity index is 1.86. The number of carbonyl (C=O) groups excluding carboxylic acids is 1. The van der Waals surface area contributed by atoms with Gasteiger partial charge in [0.1, 0.15) is 29.7 Å². The van der Waals surface area contributed by atoms with Gasteiger partial charge in [-0.05, 0) is 42.3 Å². The molecule has 5 heteroatoms. The van der Waals surface area contributed by atoms with Crippen molar-refractivity contribution in [3.05, 3.63) is 95.1 Å². The summed E-state index contributed by atoms with van der Waals surface area (Å²) in [4.78, 5) is 12.6. The lowest BCUT2D eigenvalue weighted by atomic mass is 10.1. The van der Waals surface area contributed by atoms with Crippen LogP contribution in [0.5, 0.6) is 11.5 Å². The first kappa shape index (κ1) is 20.7. The zero-order valence-electron chi connectivity index (χ0n) is 16.9. The molecule has 3 rings (SSSR count). The lowest BCUT2D eigenvalue weighted by Crippen LogP contribution is -2.14. The Morgan fingerprint density at radius 3 is 2.50 bits per heavy atom. The van der Waals surface area contributed by atoms with E-state index < -0.39 is 5.91 Å². The minimum atomic E-state index is -0.475. The molecule has 0 aliphatic carbocycles. The van der Waals surface area contributed by atoms with E-state index in [-0.39, 0.29) is 5.57 Å². The maximum atomic E-state index is 12.6. The Morgan fingerprint density at radius 1 is 1.07 bits per heavy atom. The number of rotatable bonds is 7. The molecule has 5 nitrogen and oxygen atoms in total. The molecular formula is C25H22N2O3. The molecule has 1 N–H and O–H groups in total. The highest BCUT2D eigenvalue weighted by Gasteiger charge is 2.13. The third-order valence-electron chi connectivity index (χ3n) is 4.52. The molecule has 30 heavy (non-hydrogen) atoms. The predicted octanol–water partition coefficient (Wildman–Crippen LogP) is 5.13. The minimum absolute atomic E-state index is 0.0204. The Bertz CT molecular complexity index is 1100. The van der Waals surface area contributed by atoms with Crippen molar-refractivity contribution in [2.45, 2.75) is 13.5 Å². The second-order valence-electron chi connectivity index (χ2n) is 6.62. The van der Waals surface area contributed by atoms with E-state index in [4.69, 9.17) is 9.47 Å². The van der Waals surface area contributed by atoms with E-state index in [9.17, 15) is 10.1 Å². The van der Waals surface area contributed by atoms with Crippen LogP contribution in [0, 0.1) is 18.3 Å². The van der Waals surface area contributed by atoms with Crippen molar-refractivity contribution in [1.29, 1.82) is 5.26 Å². The number of para-hydroxylation sites is 1. The maximum absolute atomic E-state index is 12.6. The summed E-state index contributed by atoms with van der Waals surface area (Å²) in [5, 5.41) is 12.3. The summed E-state index contributed by atoms with van der Waals surface area (Å²) in [6.45, 7) is 2.25. The fourth-order valence-electron chi connectivity index (χ4n) is 2.83. The fraction of sp³-hybridized carbons (Fsp3) is 0.120. The quantitative estimate of drug-likeness (QED) is 0.442. The summed E-state index contributed by atoms with van der Waals surface area (Å²) in [7, 11) is 1.57. The molecule has 0 spiro atoms. The van der Waals surface area contributed by atoms with Crippen molar-refractivity contribution in [3.63, 3.8) is 0 Å². The molecule has 150 valence electrons. The highest BCUT2D eigenvalue weighted by molar-refractivity contribution is 6.10. The molecule has 0 aromatic heterocycles. The van der Waals surface area contributed by atoms with Crippen LogP contribution in [-0.2, 0) is 11.4 Å². The standard InChI is InChI=1S/C25H22N2O3/c1-18-8-6-7-11-23(18)27-25(28)21(16-26)14-20-12-13-22(29-2)15-24(20)30-17-19-9-4-3-5-10-19/h3-15H,17H2,1-2H3,(H,27,28)/b21-14+. The van der Waals surface area contributed by atoms with Crippen LogP contribution >= 0.6 is 0 Å². The lowest BCUT2D eigenvalue weighted by Gasteiger charge is -2.12. The fourth-order valence-corrected chi connectivity index (χ4v) is 2.83. The molecule has 3 aromatic rings. The third-order valence-corrected chi connectivity index (χ3v) is 4.52. The number of ether oxygens (including phenoxy) is 2. The Morgan fingerprint density at radius 2 is 1.80 bits per heavy atom. The molecule has 0 heterocycles. The molecule has 0 fully saturated rings. The molecule has 1 amide bonds. The number of nitrogens with one attached hydrogen (secondary N) is 1. The van der Waals surface area contributed by atoms with Gasteiger partial charge in [0.2, 0.25) is 0 Å². The number of hydrogen-bond acceptors (Lipinski definition) is 4. The first-order valence-electron chi connectivity index (χ1n) is 9.44. The summed E-state index contributed by atoms with van der Waals surface area (Å²) in [6, 6.07) is 24.4. The van der Waals surface area contributed by atoms with Gasteiger partial charge in [-0.25, -0.2) is 0 Å². The van der Waals surface area contributed by atoms with Gasteiger partial charge in [0.15, 0.2) is 0 Å². The van der Waals surface area contributed by atoms with Gasteiger partial charge >= 0.3 is 0 Å². The van der Waals surface area contributed by atoms with Gasteiger partial charge in [0.25, 0.3) is 5.91 Å². The normalized spacial score (nSPS) is 10.8. The zero-order chi connectivity index (χ0) is 21.3. The smallest absolute Gasteiger partial charge is 0.266 e. The molecule has 0 bridgehead atoms. The van der Waals surface area contributed by atoms with Crippen LogP contribution in [-0.4, -0.2) is 13.0 Å². The van der Waals surface area contributed by atoms with Crippen molar-refractivity contribution in [2.75, 3.05) is 12.4 Å². The second-order valence-corrected chi connectivity index (χ2v) is 6.62. The van der Waals surface area contributed by atoms with Crippen LogP contribution in [0.2, 0.25) is 0 Å². The number of nitrogens with zero attached hydrogens (tertiary/aromatic N) is 1. The molecule has 0 unspecified atom stereocenters. The average Bonchev–Trinajstić information content (AvgIpc) is 2.78. The largest absolute Gasteiger partial charge is 0.497 e. The Kier molecular flexibility index (Phi) is 6.86. The van der Waals surface area contributed by atoms with Gasteiger partial charge in [0, 0.05) is 17.3 Å². The summed E-state index contributed by atoms with van der Waals surface area (Å²) >= 11 is 0. The second kappa shape index (κ2) is 9.94. The Hall–Kier alpha value is -4.04. The molecule has 3 aromatic carbocycles. The monoisotopic (exact) mass is 398 g/mol. The molecule has 0 aliphatic heterocycles. The van der Waals surface area contributed by atoms with E-state index in [0.29, 0.717) is 29.4 Å². The van der Waals surface area contributed by atoms with Crippen LogP contribution in [0.25, 0.3) is 6.08 Å². The first-order valence-corrected chi connectivity index (χ1v) is 9.44. The number of benzene rings is 3. The van der Waals surface area contributed by atoms with Crippen molar-refractivity contribution in [1.82, 2.24) is 0 Å². The lowest BCUT2D eigenvalue weighted by molar-refractivity contribution is -0.112. The van der Waals surface area contributed by atoms with Gasteiger partial charge < -0.3 is 14.8 Å². The maximum Gasteiger partial charge on any atom is 0.266 e. The number of nitriles is 1. The van der Waals surface area contributed by atoms with E-state index in [2.05, 4.69) is 5.32 Å². The molecule has 0 saturated heterocycles. The molecule has 0 aliphatic rings. The van der Waals surface area contributed by atoms with Crippen molar-refractivity contribution in [3.8, 4) is 17.6 Å². The summed E-state index contributed by atoms with van der Waals surface area (Å²) in [5.41, 5.74) is 3.18. The van der Waals surface area contributed by atoms with Crippen LogP contribution in [0.1, 0.15) is 16.7 Å². The van der Waals surface area contributed by atoms with Gasteiger partial charge in [-0.15, -0.1) is 0 Å². The van der Waals surface area contributed by atoms with Crippen molar-refractivity contribution in [2.24, 2.45) is 0 Å². The topological polar surface area (TPSA) is 71.3 Å². The van der Waals surface area contributed by atoms with Crippen molar-refractivity contribution < 1.29 is 14.3 Å². The van der Waals surface area contributed by atoms with E-state index in [1.165, 1.54) is 6.08 Å². The van der Waals surface area contributed by atoms with E-state index in [0.717, 1.165) is 11.1 Å². The molecule has 0 saturated carbocycles. The van der Waals surface area contributed by atoms with Gasteiger partial charge in [-0.2, -0.15) is 5.26 Å². The SMILES string of the molecule is COc1ccc(/C=C(\C#N)C(=O)Nc2ccccc2C)c(OCc2ccccc2)c1. The number of amides is 1. The van der Waals surface area contributed by atoms with E-state index in [1.807, 2.05) is 61.5 Å². The van der Waals surface area contributed by atoms with Crippen molar-refractivity contribution >= 4 is 17.7 Å². The van der Waals surface area contributed by atoms with Gasteiger partial charge in [0.05, 0.1) is 7.11 Å². The number of aryl methyl sites for hydroxylation is 1. The molecule has 0 radical (unpaired) electrons. The average molecular weight is 398 g/mol. The third kappa shape index (κ3) is 5.27. The highest BCUT2D eigenvalue weighted by Crippen LogP contribution is 2.28. The number of anilines is 1. The highest BCUT2D eigenvalue weighted by atomic mass is 16.5. The van der Waals surface area contributed by atoms with Gasteiger partial charge in [-0.3, -0.25) is 4.79 Å². The first-order chi connectivity index (χ1) is 14.6. The number of carbonyl (C=O) groups is 1. The Labute approximate surface area is 176 Å². The van der Waals surface area contributed by atoms with E-state index >= 15 is 0 Å². The van der Waals surface area contributed by atoms with Crippen LogP contribution < -0.4 is 14.8 Å². The summed E-state index contributed by atoms with van der Waals surface area (Å²) in [5.74, 6) is 0.671.